The molecule has 0 saturated carbocycles. The van der Waals surface area contributed by atoms with E-state index in [4.69, 9.17) is 9.47 Å². The minimum absolute atomic E-state index is 0.00756. The second kappa shape index (κ2) is 7.23. The van der Waals surface area contributed by atoms with Gasteiger partial charge in [0.25, 0.3) is 0 Å². The molecule has 4 rings (SSSR count). The molecule has 1 aliphatic heterocycles. The highest BCUT2D eigenvalue weighted by Crippen LogP contribution is 2.31. The molecule has 1 N–H and O–H groups in total. The van der Waals surface area contributed by atoms with Gasteiger partial charge in [0.1, 0.15) is 12.7 Å². The third-order valence-electron chi connectivity index (χ3n) is 4.48. The molecule has 0 spiro atoms. The number of para-hydroxylation sites is 2. The first-order chi connectivity index (χ1) is 13.3. The van der Waals surface area contributed by atoms with Gasteiger partial charge in [0.05, 0.1) is 21.7 Å². The number of sulfonamides is 1. The van der Waals surface area contributed by atoms with Crippen molar-refractivity contribution < 1.29 is 17.9 Å². The molecule has 28 heavy (non-hydrogen) atoms. The number of hydrogen-bond acceptors (Lipinski definition) is 6. The van der Waals surface area contributed by atoms with Crippen molar-refractivity contribution in [1.29, 1.82) is 0 Å². The molecule has 0 amide bonds. The summed E-state index contributed by atoms with van der Waals surface area (Å²) in [5.74, 6) is 1.25. The van der Waals surface area contributed by atoms with Crippen molar-refractivity contribution in [1.82, 2.24) is 9.29 Å². The fourth-order valence-corrected chi connectivity index (χ4v) is 5.34. The first-order valence-electron chi connectivity index (χ1n) is 8.88. The Morgan fingerprint density at radius 1 is 1.21 bits per heavy atom. The topological polar surface area (TPSA) is 86.6 Å². The SMILES string of the molecule is CC(C)n1c(=O)sc2cc(S(=O)(=O)NC[C@H]3COc4ccccc4O3)ccc21. The Balaban J connectivity index is 1.52. The summed E-state index contributed by atoms with van der Waals surface area (Å²) in [6, 6.07) is 12.0. The third kappa shape index (κ3) is 3.52. The Bertz CT molecular complexity index is 1180. The Labute approximate surface area is 166 Å². The molecule has 0 aliphatic carbocycles. The summed E-state index contributed by atoms with van der Waals surface area (Å²) in [6.45, 7) is 4.18. The van der Waals surface area contributed by atoms with E-state index < -0.39 is 16.1 Å². The molecule has 9 heteroatoms. The van der Waals surface area contributed by atoms with Crippen molar-refractivity contribution in [2.45, 2.75) is 30.9 Å². The zero-order valence-corrected chi connectivity index (χ0v) is 17.0. The average molecular weight is 421 g/mol. The lowest BCUT2D eigenvalue weighted by Crippen LogP contribution is -2.40. The van der Waals surface area contributed by atoms with E-state index in [1.807, 2.05) is 26.0 Å². The van der Waals surface area contributed by atoms with Gasteiger partial charge < -0.3 is 9.47 Å². The molecule has 1 aliphatic rings. The van der Waals surface area contributed by atoms with Crippen LogP contribution in [-0.4, -0.2) is 32.2 Å². The van der Waals surface area contributed by atoms with Gasteiger partial charge in [-0.3, -0.25) is 9.36 Å². The second-order valence-corrected chi connectivity index (χ2v) is 9.57. The normalized spacial score (nSPS) is 16.6. The van der Waals surface area contributed by atoms with E-state index in [-0.39, 0.29) is 29.0 Å². The van der Waals surface area contributed by atoms with Gasteiger partial charge in [0.2, 0.25) is 10.0 Å². The van der Waals surface area contributed by atoms with Crippen molar-refractivity contribution in [2.24, 2.45) is 0 Å². The van der Waals surface area contributed by atoms with Crippen LogP contribution in [-0.2, 0) is 10.0 Å². The van der Waals surface area contributed by atoms with Crippen LogP contribution in [0.5, 0.6) is 11.5 Å². The number of hydrogen-bond donors (Lipinski definition) is 1. The fraction of sp³-hybridized carbons (Fsp3) is 0.316. The van der Waals surface area contributed by atoms with Gasteiger partial charge >= 0.3 is 4.87 Å². The molecular formula is C19H20N2O5S2. The van der Waals surface area contributed by atoms with Crippen LogP contribution in [0.15, 0.2) is 52.2 Å². The van der Waals surface area contributed by atoms with Crippen LogP contribution in [0.1, 0.15) is 19.9 Å². The maximum Gasteiger partial charge on any atom is 0.308 e. The van der Waals surface area contributed by atoms with E-state index in [1.54, 1.807) is 22.8 Å². The molecule has 1 atom stereocenters. The number of nitrogens with one attached hydrogen (secondary N) is 1. The van der Waals surface area contributed by atoms with Crippen LogP contribution in [0.4, 0.5) is 0 Å². The number of nitrogens with zero attached hydrogens (tertiary/aromatic N) is 1. The second-order valence-electron chi connectivity index (χ2n) is 6.81. The zero-order chi connectivity index (χ0) is 19.9. The molecule has 0 unspecified atom stereocenters. The number of aromatic nitrogens is 1. The molecule has 2 aromatic carbocycles. The van der Waals surface area contributed by atoms with Crippen molar-refractivity contribution in [3.63, 3.8) is 0 Å². The van der Waals surface area contributed by atoms with Gasteiger partial charge in [-0.1, -0.05) is 23.5 Å². The predicted octanol–water partition coefficient (Wildman–Crippen LogP) is 2.76. The number of benzene rings is 2. The van der Waals surface area contributed by atoms with Crippen LogP contribution >= 0.6 is 11.3 Å². The van der Waals surface area contributed by atoms with Gasteiger partial charge in [-0.05, 0) is 44.2 Å². The fourth-order valence-electron chi connectivity index (χ4n) is 3.12. The summed E-state index contributed by atoms with van der Waals surface area (Å²) in [6.07, 6.45) is -0.425. The summed E-state index contributed by atoms with van der Waals surface area (Å²) >= 11 is 1.05. The molecule has 148 valence electrons. The Morgan fingerprint density at radius 3 is 2.71 bits per heavy atom. The lowest BCUT2D eigenvalue weighted by molar-refractivity contribution is 0.0943. The number of rotatable bonds is 5. The molecular weight excluding hydrogens is 400 g/mol. The van der Waals surface area contributed by atoms with E-state index in [1.165, 1.54) is 12.1 Å². The third-order valence-corrected chi connectivity index (χ3v) is 6.82. The summed E-state index contributed by atoms with van der Waals surface area (Å²) in [5, 5.41) is 0. The van der Waals surface area contributed by atoms with Gasteiger partial charge in [-0.25, -0.2) is 13.1 Å². The number of thiazole rings is 1. The molecule has 0 saturated heterocycles. The van der Waals surface area contributed by atoms with Crippen molar-refractivity contribution >= 4 is 31.6 Å². The van der Waals surface area contributed by atoms with Crippen molar-refractivity contribution in [2.75, 3.05) is 13.2 Å². The Kier molecular flexibility index (Phi) is 4.90. The molecule has 1 aromatic heterocycles. The lowest BCUT2D eigenvalue weighted by Gasteiger charge is -2.26. The highest BCUT2D eigenvalue weighted by Gasteiger charge is 2.24. The summed E-state index contributed by atoms with van der Waals surface area (Å²) < 4.78 is 41.7. The first kappa shape index (κ1) is 19.0. The standard InChI is InChI=1S/C19H20N2O5S2/c1-12(2)21-15-8-7-14(9-18(15)27-19(21)22)28(23,24)20-10-13-11-25-16-5-3-4-6-17(16)26-13/h3-9,12-13,20H,10-11H2,1-2H3/t13-/m0/s1. The summed E-state index contributed by atoms with van der Waals surface area (Å²) in [7, 11) is -3.74. The number of ether oxygens (including phenoxy) is 2. The molecule has 3 aromatic rings. The van der Waals surface area contributed by atoms with Gasteiger partial charge in [0.15, 0.2) is 11.5 Å². The van der Waals surface area contributed by atoms with Crippen molar-refractivity contribution in [3.8, 4) is 11.5 Å². The van der Waals surface area contributed by atoms with E-state index >= 15 is 0 Å². The average Bonchev–Trinajstić information content (AvgIpc) is 3.01. The van der Waals surface area contributed by atoms with Gasteiger partial charge in [0, 0.05) is 6.04 Å². The number of fused-ring (bicyclic) bond motifs is 2. The van der Waals surface area contributed by atoms with Crippen LogP contribution in [0, 0.1) is 0 Å². The molecule has 7 nitrogen and oxygen atoms in total. The lowest BCUT2D eigenvalue weighted by atomic mass is 10.2. The zero-order valence-electron chi connectivity index (χ0n) is 15.4. The quantitative estimate of drug-likeness (QED) is 0.686. The maximum absolute atomic E-state index is 12.7. The Morgan fingerprint density at radius 2 is 1.96 bits per heavy atom. The van der Waals surface area contributed by atoms with E-state index in [9.17, 15) is 13.2 Å². The molecule has 0 radical (unpaired) electrons. The Hall–Kier alpha value is -2.36. The minimum atomic E-state index is -3.74. The van der Waals surface area contributed by atoms with E-state index in [0.29, 0.717) is 16.2 Å². The van der Waals surface area contributed by atoms with E-state index in [2.05, 4.69) is 4.72 Å². The van der Waals surface area contributed by atoms with Gasteiger partial charge in [-0.15, -0.1) is 0 Å². The minimum Gasteiger partial charge on any atom is -0.486 e. The van der Waals surface area contributed by atoms with Crippen LogP contribution in [0.3, 0.4) is 0 Å². The highest BCUT2D eigenvalue weighted by atomic mass is 32.2. The molecule has 2 heterocycles. The van der Waals surface area contributed by atoms with Crippen LogP contribution < -0.4 is 19.1 Å². The van der Waals surface area contributed by atoms with Crippen LogP contribution in [0.25, 0.3) is 10.2 Å². The maximum atomic E-state index is 12.7. The molecule has 0 bridgehead atoms. The van der Waals surface area contributed by atoms with Crippen LogP contribution in [0.2, 0.25) is 0 Å². The summed E-state index contributed by atoms with van der Waals surface area (Å²) in [5.41, 5.74) is 0.740. The monoisotopic (exact) mass is 420 g/mol. The van der Waals surface area contributed by atoms with E-state index in [0.717, 1.165) is 16.9 Å². The summed E-state index contributed by atoms with van der Waals surface area (Å²) in [4.78, 5) is 12.2. The largest absolute Gasteiger partial charge is 0.486 e. The van der Waals surface area contributed by atoms with Crippen molar-refractivity contribution in [3.05, 3.63) is 52.1 Å². The highest BCUT2D eigenvalue weighted by molar-refractivity contribution is 7.89. The van der Waals surface area contributed by atoms with Gasteiger partial charge in [-0.2, -0.15) is 0 Å². The smallest absolute Gasteiger partial charge is 0.308 e. The first-order valence-corrected chi connectivity index (χ1v) is 11.2. The predicted molar refractivity (Wildman–Crippen MR) is 108 cm³/mol. The molecule has 0 fully saturated rings.